The van der Waals surface area contributed by atoms with Crippen LogP contribution in [0.5, 0.6) is 0 Å². The fourth-order valence-electron chi connectivity index (χ4n) is 1.17. The van der Waals surface area contributed by atoms with Gasteiger partial charge in [0.05, 0.1) is 11.8 Å². The molecule has 2 nitrogen and oxygen atoms in total. The molecule has 0 saturated carbocycles. The summed E-state index contributed by atoms with van der Waals surface area (Å²) < 4.78 is 43.7. The van der Waals surface area contributed by atoms with E-state index in [1.807, 2.05) is 0 Å². The summed E-state index contributed by atoms with van der Waals surface area (Å²) >= 11 is 0. The van der Waals surface area contributed by atoms with Gasteiger partial charge in [-0.05, 0) is 19.1 Å². The minimum absolute atomic E-state index is 0.0658. The first kappa shape index (κ1) is 9.76. The third kappa shape index (κ3) is 1.60. The molecule has 0 radical (unpaired) electrons. The first-order valence-corrected chi connectivity index (χ1v) is 4.16. The highest BCUT2D eigenvalue weighted by atomic mass is 19.2. The standard InChI is InChI=1S/C10H6F3NO/c1-5-4-14-10(15-5)6-2-3-7(11)9(13)8(6)12/h2-4H,1H3. The third-order valence-electron chi connectivity index (χ3n) is 1.89. The molecule has 0 aliphatic carbocycles. The van der Waals surface area contributed by atoms with Crippen molar-refractivity contribution in [3.63, 3.8) is 0 Å². The molecule has 0 spiro atoms. The van der Waals surface area contributed by atoms with Gasteiger partial charge in [0.15, 0.2) is 17.5 Å². The van der Waals surface area contributed by atoms with Gasteiger partial charge in [0.25, 0.3) is 0 Å². The van der Waals surface area contributed by atoms with Crippen molar-refractivity contribution >= 4 is 0 Å². The molecule has 2 rings (SSSR count). The Kier molecular flexibility index (Phi) is 2.22. The molecule has 0 aliphatic rings. The molecule has 0 N–H and O–H groups in total. The average Bonchev–Trinajstić information content (AvgIpc) is 2.61. The van der Waals surface area contributed by atoms with Crippen molar-refractivity contribution in [1.29, 1.82) is 0 Å². The average molecular weight is 213 g/mol. The van der Waals surface area contributed by atoms with Gasteiger partial charge in [-0.2, -0.15) is 0 Å². The van der Waals surface area contributed by atoms with Crippen molar-refractivity contribution in [2.75, 3.05) is 0 Å². The van der Waals surface area contributed by atoms with Crippen LogP contribution in [0.25, 0.3) is 11.5 Å². The fraction of sp³-hybridized carbons (Fsp3) is 0.100. The van der Waals surface area contributed by atoms with Crippen LogP contribution < -0.4 is 0 Å². The van der Waals surface area contributed by atoms with Crippen LogP contribution in [0.4, 0.5) is 13.2 Å². The van der Waals surface area contributed by atoms with Gasteiger partial charge < -0.3 is 4.42 Å². The zero-order chi connectivity index (χ0) is 11.0. The van der Waals surface area contributed by atoms with E-state index in [-0.39, 0.29) is 11.5 Å². The van der Waals surface area contributed by atoms with Crippen LogP contribution >= 0.6 is 0 Å². The maximum absolute atomic E-state index is 13.2. The Morgan fingerprint density at radius 2 is 1.87 bits per heavy atom. The molecule has 0 bridgehead atoms. The zero-order valence-corrected chi connectivity index (χ0v) is 7.72. The second-order valence-electron chi connectivity index (χ2n) is 3.00. The molecular weight excluding hydrogens is 207 g/mol. The van der Waals surface area contributed by atoms with E-state index in [2.05, 4.69) is 4.98 Å². The molecule has 2 aromatic rings. The number of halogens is 3. The number of hydrogen-bond donors (Lipinski definition) is 0. The molecule has 1 aromatic carbocycles. The number of oxazole rings is 1. The first-order valence-electron chi connectivity index (χ1n) is 4.16. The summed E-state index contributed by atoms with van der Waals surface area (Å²) in [5, 5.41) is 0. The van der Waals surface area contributed by atoms with Gasteiger partial charge in [0, 0.05) is 0 Å². The van der Waals surface area contributed by atoms with Gasteiger partial charge in [0.2, 0.25) is 5.89 Å². The predicted molar refractivity (Wildman–Crippen MR) is 46.6 cm³/mol. The van der Waals surface area contributed by atoms with Crippen LogP contribution in [-0.2, 0) is 0 Å². The number of nitrogens with zero attached hydrogens (tertiary/aromatic N) is 1. The Morgan fingerprint density at radius 1 is 1.13 bits per heavy atom. The monoisotopic (exact) mass is 213 g/mol. The SMILES string of the molecule is Cc1cnc(-c2ccc(F)c(F)c2F)o1. The lowest BCUT2D eigenvalue weighted by Crippen LogP contribution is -1.93. The van der Waals surface area contributed by atoms with Gasteiger partial charge in [-0.25, -0.2) is 18.2 Å². The van der Waals surface area contributed by atoms with Crippen molar-refractivity contribution in [1.82, 2.24) is 4.98 Å². The summed E-state index contributed by atoms with van der Waals surface area (Å²) in [4.78, 5) is 3.72. The van der Waals surface area contributed by atoms with Crippen molar-refractivity contribution in [3.8, 4) is 11.5 Å². The van der Waals surface area contributed by atoms with Gasteiger partial charge in [-0.1, -0.05) is 0 Å². The van der Waals surface area contributed by atoms with E-state index >= 15 is 0 Å². The highest BCUT2D eigenvalue weighted by molar-refractivity contribution is 5.54. The summed E-state index contributed by atoms with van der Waals surface area (Å²) in [7, 11) is 0. The van der Waals surface area contributed by atoms with Gasteiger partial charge >= 0.3 is 0 Å². The van der Waals surface area contributed by atoms with Crippen LogP contribution in [0, 0.1) is 24.4 Å². The van der Waals surface area contributed by atoms with Gasteiger partial charge in [0.1, 0.15) is 5.76 Å². The van der Waals surface area contributed by atoms with E-state index in [1.165, 1.54) is 6.20 Å². The van der Waals surface area contributed by atoms with Crippen LogP contribution in [0.3, 0.4) is 0 Å². The Labute approximate surface area is 83.4 Å². The molecule has 15 heavy (non-hydrogen) atoms. The third-order valence-corrected chi connectivity index (χ3v) is 1.89. The lowest BCUT2D eigenvalue weighted by atomic mass is 10.2. The minimum Gasteiger partial charge on any atom is -0.441 e. The normalized spacial score (nSPS) is 10.7. The summed E-state index contributed by atoms with van der Waals surface area (Å²) in [5.74, 6) is -3.65. The zero-order valence-electron chi connectivity index (χ0n) is 7.72. The van der Waals surface area contributed by atoms with E-state index in [0.717, 1.165) is 12.1 Å². The van der Waals surface area contributed by atoms with Crippen molar-refractivity contribution in [2.24, 2.45) is 0 Å². The number of benzene rings is 1. The van der Waals surface area contributed by atoms with E-state index in [4.69, 9.17) is 4.42 Å². The van der Waals surface area contributed by atoms with E-state index in [0.29, 0.717) is 5.76 Å². The molecule has 0 fully saturated rings. The lowest BCUT2D eigenvalue weighted by molar-refractivity contribution is 0.445. The number of hydrogen-bond acceptors (Lipinski definition) is 2. The van der Waals surface area contributed by atoms with Crippen LogP contribution in [0.2, 0.25) is 0 Å². The second kappa shape index (κ2) is 3.42. The van der Waals surface area contributed by atoms with Crippen molar-refractivity contribution in [3.05, 3.63) is 41.5 Å². The van der Waals surface area contributed by atoms with Crippen LogP contribution in [-0.4, -0.2) is 4.98 Å². The molecule has 0 aliphatic heterocycles. The second-order valence-corrected chi connectivity index (χ2v) is 3.00. The number of aromatic nitrogens is 1. The smallest absolute Gasteiger partial charge is 0.229 e. The van der Waals surface area contributed by atoms with E-state index in [9.17, 15) is 13.2 Å². The molecule has 1 heterocycles. The topological polar surface area (TPSA) is 26.0 Å². The van der Waals surface area contributed by atoms with Gasteiger partial charge in [-0.3, -0.25) is 0 Å². The van der Waals surface area contributed by atoms with E-state index < -0.39 is 17.5 Å². The summed E-state index contributed by atoms with van der Waals surface area (Å²) in [6.45, 7) is 1.62. The van der Waals surface area contributed by atoms with Gasteiger partial charge in [-0.15, -0.1) is 0 Å². The maximum Gasteiger partial charge on any atom is 0.229 e. The number of rotatable bonds is 1. The predicted octanol–water partition coefficient (Wildman–Crippen LogP) is 3.07. The maximum atomic E-state index is 13.2. The van der Waals surface area contributed by atoms with E-state index in [1.54, 1.807) is 6.92 Å². The molecule has 5 heteroatoms. The van der Waals surface area contributed by atoms with Crippen molar-refractivity contribution in [2.45, 2.75) is 6.92 Å². The molecule has 0 amide bonds. The summed E-state index contributed by atoms with van der Waals surface area (Å²) in [5.41, 5.74) is -0.193. The molecule has 0 unspecified atom stereocenters. The summed E-state index contributed by atoms with van der Waals surface area (Å²) in [6.07, 6.45) is 1.37. The Balaban J connectivity index is 2.59. The van der Waals surface area contributed by atoms with Crippen LogP contribution in [0.15, 0.2) is 22.7 Å². The Morgan fingerprint density at radius 3 is 2.47 bits per heavy atom. The quantitative estimate of drug-likeness (QED) is 0.680. The highest BCUT2D eigenvalue weighted by Gasteiger charge is 2.17. The minimum atomic E-state index is -1.52. The largest absolute Gasteiger partial charge is 0.441 e. The van der Waals surface area contributed by atoms with Crippen molar-refractivity contribution < 1.29 is 17.6 Å². The molecule has 78 valence electrons. The molecular formula is C10H6F3NO. The summed E-state index contributed by atoms with van der Waals surface area (Å²) in [6, 6.07) is 1.91. The Hall–Kier alpha value is -1.78. The van der Waals surface area contributed by atoms with Crippen LogP contribution in [0.1, 0.15) is 5.76 Å². The lowest BCUT2D eigenvalue weighted by Gasteiger charge is -1.99. The molecule has 0 atom stereocenters. The molecule has 0 saturated heterocycles. The number of aryl methyl sites for hydroxylation is 1. The highest BCUT2D eigenvalue weighted by Crippen LogP contribution is 2.25. The molecule has 1 aromatic heterocycles. The fourth-order valence-corrected chi connectivity index (χ4v) is 1.17. The Bertz CT molecular complexity index is 507. The first-order chi connectivity index (χ1) is 7.09.